The van der Waals surface area contributed by atoms with Gasteiger partial charge < -0.3 is 14.8 Å². The molecule has 0 fully saturated rings. The summed E-state index contributed by atoms with van der Waals surface area (Å²) in [5.41, 5.74) is 0.0294. The number of carbonyl (C=O) groups excluding carboxylic acids is 1. The number of methoxy groups -OCH3 is 1. The van der Waals surface area contributed by atoms with Gasteiger partial charge in [0.1, 0.15) is 11.7 Å². The molecule has 0 aliphatic rings. The Labute approximate surface area is 117 Å². The molecule has 0 bridgehead atoms. The van der Waals surface area contributed by atoms with E-state index in [2.05, 4.69) is 11.4 Å². The maximum atomic E-state index is 11.7. The number of thiophene rings is 1. The summed E-state index contributed by atoms with van der Waals surface area (Å²) >= 11 is 1.41. The van der Waals surface area contributed by atoms with Crippen molar-refractivity contribution in [3.8, 4) is 6.07 Å². The van der Waals surface area contributed by atoms with Gasteiger partial charge in [-0.05, 0) is 26.8 Å². The van der Waals surface area contributed by atoms with Crippen molar-refractivity contribution in [2.45, 2.75) is 32.4 Å². The number of rotatable bonds is 4. The van der Waals surface area contributed by atoms with Crippen molar-refractivity contribution in [1.82, 2.24) is 5.32 Å². The molecule has 0 aliphatic carbocycles. The number of nitriles is 1. The highest BCUT2D eigenvalue weighted by atomic mass is 32.1. The Hall–Kier alpha value is -1.58. The summed E-state index contributed by atoms with van der Waals surface area (Å²) in [5, 5.41) is 13.3. The first-order valence-electron chi connectivity index (χ1n) is 5.82. The topological polar surface area (TPSA) is 71.3 Å². The van der Waals surface area contributed by atoms with E-state index in [0.29, 0.717) is 12.2 Å². The average molecular weight is 282 g/mol. The molecule has 0 radical (unpaired) electrons. The van der Waals surface area contributed by atoms with Gasteiger partial charge in [-0.3, -0.25) is 0 Å². The highest BCUT2D eigenvalue weighted by molar-refractivity contribution is 7.10. The molecule has 1 amide bonds. The van der Waals surface area contributed by atoms with Crippen molar-refractivity contribution < 1.29 is 14.3 Å². The number of ether oxygens (including phenoxy) is 2. The summed E-state index contributed by atoms with van der Waals surface area (Å²) in [6.07, 6.45) is -0.499. The van der Waals surface area contributed by atoms with Crippen LogP contribution in [0, 0.1) is 11.3 Å². The van der Waals surface area contributed by atoms with Crippen LogP contribution in [0.2, 0.25) is 0 Å². The number of nitrogens with zero attached hydrogens (tertiary/aromatic N) is 1. The van der Waals surface area contributed by atoms with E-state index in [0.717, 1.165) is 4.88 Å². The van der Waals surface area contributed by atoms with E-state index in [-0.39, 0.29) is 6.04 Å². The van der Waals surface area contributed by atoms with Gasteiger partial charge in [-0.1, -0.05) is 0 Å². The smallest absolute Gasteiger partial charge is 0.408 e. The van der Waals surface area contributed by atoms with E-state index >= 15 is 0 Å². The van der Waals surface area contributed by atoms with Crippen LogP contribution in [-0.4, -0.2) is 25.4 Å². The molecule has 0 saturated carbocycles. The molecule has 0 saturated heterocycles. The zero-order valence-corrected chi connectivity index (χ0v) is 12.3. The summed E-state index contributed by atoms with van der Waals surface area (Å²) in [6.45, 7) is 5.73. The minimum Gasteiger partial charge on any atom is -0.444 e. The highest BCUT2D eigenvalue weighted by Crippen LogP contribution is 2.22. The first-order valence-corrected chi connectivity index (χ1v) is 6.70. The molecule has 1 aromatic rings. The number of alkyl carbamates (subject to hydrolysis) is 1. The predicted octanol–water partition coefficient (Wildman–Crippen LogP) is 2.83. The maximum Gasteiger partial charge on any atom is 0.408 e. The van der Waals surface area contributed by atoms with Crippen LogP contribution in [0.3, 0.4) is 0 Å². The van der Waals surface area contributed by atoms with Gasteiger partial charge in [-0.2, -0.15) is 5.26 Å². The van der Waals surface area contributed by atoms with Crippen molar-refractivity contribution in [2.75, 3.05) is 13.7 Å². The lowest BCUT2D eigenvalue weighted by Gasteiger charge is -2.22. The lowest BCUT2D eigenvalue weighted by molar-refractivity contribution is 0.0469. The number of amides is 1. The summed E-state index contributed by atoms with van der Waals surface area (Å²) in [7, 11) is 1.56. The van der Waals surface area contributed by atoms with Crippen molar-refractivity contribution in [1.29, 1.82) is 5.26 Å². The van der Waals surface area contributed by atoms with Gasteiger partial charge in [0.05, 0.1) is 18.2 Å². The first kappa shape index (κ1) is 15.5. The van der Waals surface area contributed by atoms with Gasteiger partial charge in [-0.15, -0.1) is 11.3 Å². The molecular weight excluding hydrogens is 264 g/mol. The van der Waals surface area contributed by atoms with Crippen LogP contribution in [0.25, 0.3) is 0 Å². The van der Waals surface area contributed by atoms with E-state index in [1.54, 1.807) is 39.3 Å². The van der Waals surface area contributed by atoms with Crippen LogP contribution in [0.4, 0.5) is 4.79 Å². The molecule has 0 spiro atoms. The van der Waals surface area contributed by atoms with Crippen LogP contribution in [0.1, 0.15) is 37.3 Å². The third kappa shape index (κ3) is 5.28. The van der Waals surface area contributed by atoms with E-state index in [1.807, 2.05) is 0 Å². The molecule has 1 N–H and O–H groups in total. The van der Waals surface area contributed by atoms with Gasteiger partial charge in [0.2, 0.25) is 0 Å². The Bertz CT molecular complexity index is 471. The second-order valence-electron chi connectivity index (χ2n) is 5.00. The standard InChI is InChI=1S/C13H18N2O3S/c1-13(2,3)18-12(16)15-10(7-17-4)11-5-9(6-14)8-19-11/h5,8,10H,7H2,1-4H3,(H,15,16). The Morgan fingerprint density at radius 3 is 2.74 bits per heavy atom. The fourth-order valence-corrected chi connectivity index (χ4v) is 2.28. The molecule has 0 aromatic carbocycles. The van der Waals surface area contributed by atoms with Crippen LogP contribution in [0.5, 0.6) is 0 Å². The van der Waals surface area contributed by atoms with E-state index in [4.69, 9.17) is 14.7 Å². The monoisotopic (exact) mass is 282 g/mol. The summed E-state index contributed by atoms with van der Waals surface area (Å²) < 4.78 is 10.3. The normalized spacial score (nSPS) is 12.6. The second kappa shape index (κ2) is 6.55. The van der Waals surface area contributed by atoms with Crippen LogP contribution >= 0.6 is 11.3 Å². The Morgan fingerprint density at radius 2 is 2.26 bits per heavy atom. The third-order valence-electron chi connectivity index (χ3n) is 2.12. The van der Waals surface area contributed by atoms with Crippen LogP contribution < -0.4 is 5.32 Å². The summed E-state index contributed by atoms with van der Waals surface area (Å²) in [4.78, 5) is 12.6. The summed E-state index contributed by atoms with van der Waals surface area (Å²) in [6, 6.07) is 3.49. The van der Waals surface area contributed by atoms with Crippen LogP contribution in [0.15, 0.2) is 11.4 Å². The molecule has 6 heteroatoms. The second-order valence-corrected chi connectivity index (χ2v) is 5.95. The largest absolute Gasteiger partial charge is 0.444 e. The molecule has 5 nitrogen and oxygen atoms in total. The molecule has 19 heavy (non-hydrogen) atoms. The minimum atomic E-state index is -0.547. The highest BCUT2D eigenvalue weighted by Gasteiger charge is 2.21. The molecule has 1 unspecified atom stereocenters. The number of hydrogen-bond acceptors (Lipinski definition) is 5. The minimum absolute atomic E-state index is 0.313. The van der Waals surface area contributed by atoms with Crippen molar-refractivity contribution in [3.63, 3.8) is 0 Å². The predicted molar refractivity (Wildman–Crippen MR) is 73.0 cm³/mol. The molecule has 1 rings (SSSR count). The Balaban J connectivity index is 2.73. The van der Waals surface area contributed by atoms with Gasteiger partial charge in [0.25, 0.3) is 0 Å². The number of hydrogen-bond donors (Lipinski definition) is 1. The van der Waals surface area contributed by atoms with Gasteiger partial charge in [-0.25, -0.2) is 4.79 Å². The zero-order valence-electron chi connectivity index (χ0n) is 11.5. The molecule has 1 aromatic heterocycles. The fourth-order valence-electron chi connectivity index (χ4n) is 1.41. The van der Waals surface area contributed by atoms with Crippen LogP contribution in [-0.2, 0) is 9.47 Å². The molecule has 1 atom stereocenters. The lowest BCUT2D eigenvalue weighted by atomic mass is 10.2. The average Bonchev–Trinajstić information content (AvgIpc) is 2.74. The first-order chi connectivity index (χ1) is 8.85. The third-order valence-corrected chi connectivity index (χ3v) is 3.16. The maximum absolute atomic E-state index is 11.7. The molecular formula is C13H18N2O3S. The molecule has 0 aliphatic heterocycles. The van der Waals surface area contributed by atoms with Crippen molar-refractivity contribution in [2.24, 2.45) is 0 Å². The molecule has 1 heterocycles. The van der Waals surface area contributed by atoms with Crippen molar-refractivity contribution >= 4 is 17.4 Å². The summed E-state index contributed by atoms with van der Waals surface area (Å²) in [5.74, 6) is 0. The van der Waals surface area contributed by atoms with E-state index in [1.165, 1.54) is 11.3 Å². The van der Waals surface area contributed by atoms with E-state index in [9.17, 15) is 4.79 Å². The van der Waals surface area contributed by atoms with Gasteiger partial charge in [0, 0.05) is 17.4 Å². The number of carbonyl (C=O) groups is 1. The number of nitrogens with one attached hydrogen (secondary N) is 1. The Morgan fingerprint density at radius 1 is 1.58 bits per heavy atom. The van der Waals surface area contributed by atoms with Gasteiger partial charge >= 0.3 is 6.09 Å². The van der Waals surface area contributed by atoms with E-state index < -0.39 is 11.7 Å². The SMILES string of the molecule is COCC(NC(=O)OC(C)(C)C)c1cc(C#N)cs1. The fraction of sp³-hybridized carbons (Fsp3) is 0.538. The molecule has 104 valence electrons. The van der Waals surface area contributed by atoms with Gasteiger partial charge in [0.15, 0.2) is 0 Å². The quantitative estimate of drug-likeness (QED) is 0.921. The lowest BCUT2D eigenvalue weighted by Crippen LogP contribution is -2.36. The van der Waals surface area contributed by atoms with Crippen molar-refractivity contribution in [3.05, 3.63) is 21.9 Å². The Kier molecular flexibility index (Phi) is 5.33. The zero-order chi connectivity index (χ0) is 14.5.